The summed E-state index contributed by atoms with van der Waals surface area (Å²) in [6, 6.07) is 13.3. The average Bonchev–Trinajstić information content (AvgIpc) is 3.13. The second-order valence-corrected chi connectivity index (χ2v) is 6.19. The molecule has 136 valence electrons. The van der Waals surface area contributed by atoms with Crippen LogP contribution >= 0.6 is 0 Å². The predicted molar refractivity (Wildman–Crippen MR) is 97.4 cm³/mol. The van der Waals surface area contributed by atoms with Crippen molar-refractivity contribution in [1.29, 1.82) is 0 Å². The van der Waals surface area contributed by atoms with Crippen LogP contribution in [-0.4, -0.2) is 14.9 Å². The van der Waals surface area contributed by atoms with E-state index in [0.29, 0.717) is 22.1 Å². The highest BCUT2D eigenvalue weighted by molar-refractivity contribution is 5.82. The summed E-state index contributed by atoms with van der Waals surface area (Å²) in [4.78, 5) is 25.1. The number of rotatable bonds is 4. The molecule has 2 aromatic carbocycles. The molecule has 0 spiro atoms. The van der Waals surface area contributed by atoms with Crippen LogP contribution in [0.15, 0.2) is 65.6 Å². The lowest BCUT2D eigenvalue weighted by atomic mass is 10.2. The number of fused-ring (bicyclic) bond motifs is 3. The number of amides is 1. The van der Waals surface area contributed by atoms with Gasteiger partial charge in [0.25, 0.3) is 5.56 Å². The fraction of sp³-hybridized carbons (Fsp3) is 0.100. The quantitative estimate of drug-likeness (QED) is 0.603. The lowest BCUT2D eigenvalue weighted by Gasteiger charge is -2.13. The van der Waals surface area contributed by atoms with Crippen molar-refractivity contribution in [3.05, 3.63) is 88.3 Å². The molecular formula is C20H15F2N3O2. The standard InChI is InChI=1S/C20H15F2N3O2/c21-14-4-1-3-13(9-14)11-23-19(26)12-25-18-10-15(22)6-7-16(18)24-8-2-5-17(24)20(25)27/h1-10H,11-12H2,(H,23,26). The molecule has 4 rings (SSSR count). The Bertz CT molecular complexity index is 1230. The van der Waals surface area contributed by atoms with E-state index in [4.69, 9.17) is 0 Å². The van der Waals surface area contributed by atoms with Crippen LogP contribution in [0, 0.1) is 11.6 Å². The molecule has 7 heteroatoms. The van der Waals surface area contributed by atoms with Gasteiger partial charge in [0.05, 0.1) is 11.0 Å². The zero-order chi connectivity index (χ0) is 19.0. The van der Waals surface area contributed by atoms with Crippen molar-refractivity contribution in [2.75, 3.05) is 0 Å². The number of nitrogens with one attached hydrogen (secondary N) is 1. The van der Waals surface area contributed by atoms with Crippen LogP contribution in [0.1, 0.15) is 5.56 Å². The van der Waals surface area contributed by atoms with E-state index in [1.165, 1.54) is 28.8 Å². The third kappa shape index (κ3) is 3.19. The molecule has 2 aromatic heterocycles. The number of hydrogen-bond donors (Lipinski definition) is 1. The molecule has 2 heterocycles. The van der Waals surface area contributed by atoms with E-state index in [1.807, 2.05) is 0 Å². The van der Waals surface area contributed by atoms with E-state index in [0.717, 1.165) is 0 Å². The number of carbonyl (C=O) groups excluding carboxylic acids is 1. The SMILES string of the molecule is O=C(Cn1c(=O)c2cccn2c2ccc(F)cc21)NCc1cccc(F)c1. The summed E-state index contributed by atoms with van der Waals surface area (Å²) in [6.07, 6.45) is 1.71. The maximum atomic E-state index is 13.8. The first-order chi connectivity index (χ1) is 13.0. The Hall–Kier alpha value is -3.48. The van der Waals surface area contributed by atoms with Gasteiger partial charge in [0.2, 0.25) is 5.91 Å². The molecular weight excluding hydrogens is 352 g/mol. The van der Waals surface area contributed by atoms with Crippen molar-refractivity contribution in [1.82, 2.24) is 14.3 Å². The summed E-state index contributed by atoms with van der Waals surface area (Å²) in [5.41, 5.74) is 1.55. The van der Waals surface area contributed by atoms with Crippen molar-refractivity contribution in [2.45, 2.75) is 13.1 Å². The third-order valence-electron chi connectivity index (χ3n) is 4.38. The van der Waals surface area contributed by atoms with Gasteiger partial charge in [-0.1, -0.05) is 12.1 Å². The van der Waals surface area contributed by atoms with Gasteiger partial charge in [0.15, 0.2) is 0 Å². The van der Waals surface area contributed by atoms with Gasteiger partial charge in [-0.25, -0.2) is 8.78 Å². The van der Waals surface area contributed by atoms with E-state index in [-0.39, 0.29) is 18.6 Å². The van der Waals surface area contributed by atoms with Gasteiger partial charge >= 0.3 is 0 Å². The first kappa shape index (κ1) is 17.0. The van der Waals surface area contributed by atoms with Gasteiger partial charge in [-0.15, -0.1) is 0 Å². The number of halogens is 2. The molecule has 0 unspecified atom stereocenters. The molecule has 0 bridgehead atoms. The summed E-state index contributed by atoms with van der Waals surface area (Å²) in [6.45, 7) is -0.138. The Morgan fingerprint density at radius 3 is 2.56 bits per heavy atom. The number of aromatic nitrogens is 2. The van der Waals surface area contributed by atoms with Crippen molar-refractivity contribution < 1.29 is 13.6 Å². The van der Waals surface area contributed by atoms with E-state index in [2.05, 4.69) is 5.32 Å². The van der Waals surface area contributed by atoms with Crippen molar-refractivity contribution in [3.8, 4) is 0 Å². The summed E-state index contributed by atoms with van der Waals surface area (Å²) in [5.74, 6) is -1.32. The fourth-order valence-electron chi connectivity index (χ4n) is 3.13. The number of hydrogen-bond acceptors (Lipinski definition) is 2. The molecule has 0 aliphatic carbocycles. The highest BCUT2D eigenvalue weighted by Gasteiger charge is 2.14. The van der Waals surface area contributed by atoms with Crippen LogP contribution in [-0.2, 0) is 17.9 Å². The minimum Gasteiger partial charge on any atom is -0.350 e. The van der Waals surface area contributed by atoms with Gasteiger partial charge in [-0.2, -0.15) is 0 Å². The monoisotopic (exact) mass is 367 g/mol. The Morgan fingerprint density at radius 2 is 1.74 bits per heavy atom. The summed E-state index contributed by atoms with van der Waals surface area (Å²) < 4.78 is 29.9. The fourth-order valence-corrected chi connectivity index (χ4v) is 3.13. The highest BCUT2D eigenvalue weighted by Crippen LogP contribution is 2.16. The molecule has 27 heavy (non-hydrogen) atoms. The third-order valence-corrected chi connectivity index (χ3v) is 4.38. The first-order valence-corrected chi connectivity index (χ1v) is 8.33. The van der Waals surface area contributed by atoms with Gasteiger partial charge in [-0.05, 0) is 48.0 Å². The van der Waals surface area contributed by atoms with E-state index in [9.17, 15) is 18.4 Å². The Kier molecular flexibility index (Phi) is 4.19. The number of benzene rings is 2. The van der Waals surface area contributed by atoms with Crippen LogP contribution in [0.3, 0.4) is 0 Å². The largest absolute Gasteiger partial charge is 0.350 e. The van der Waals surface area contributed by atoms with E-state index in [1.54, 1.807) is 40.9 Å². The normalized spacial score (nSPS) is 11.2. The lowest BCUT2D eigenvalue weighted by Crippen LogP contribution is -2.33. The van der Waals surface area contributed by atoms with Crippen LogP contribution in [0.4, 0.5) is 8.78 Å². The zero-order valence-electron chi connectivity index (χ0n) is 14.2. The van der Waals surface area contributed by atoms with Crippen LogP contribution in [0.2, 0.25) is 0 Å². The molecule has 0 aliphatic heterocycles. The smallest absolute Gasteiger partial charge is 0.275 e. The van der Waals surface area contributed by atoms with Gasteiger partial charge in [0, 0.05) is 12.7 Å². The summed E-state index contributed by atoms with van der Waals surface area (Å²) in [7, 11) is 0. The average molecular weight is 367 g/mol. The molecule has 0 saturated heterocycles. The Balaban J connectivity index is 1.68. The van der Waals surface area contributed by atoms with Gasteiger partial charge in [0.1, 0.15) is 23.7 Å². The Labute approximate surface area is 152 Å². The highest BCUT2D eigenvalue weighted by atomic mass is 19.1. The molecule has 0 saturated carbocycles. The van der Waals surface area contributed by atoms with Crippen molar-refractivity contribution in [2.24, 2.45) is 0 Å². The lowest BCUT2D eigenvalue weighted by molar-refractivity contribution is -0.121. The van der Waals surface area contributed by atoms with Crippen LogP contribution < -0.4 is 10.9 Å². The van der Waals surface area contributed by atoms with Crippen molar-refractivity contribution in [3.63, 3.8) is 0 Å². The van der Waals surface area contributed by atoms with E-state index >= 15 is 0 Å². The molecule has 1 N–H and O–H groups in total. The topological polar surface area (TPSA) is 55.5 Å². The zero-order valence-corrected chi connectivity index (χ0v) is 14.2. The molecule has 4 aromatic rings. The molecule has 0 radical (unpaired) electrons. The summed E-state index contributed by atoms with van der Waals surface area (Å²) in [5, 5.41) is 2.66. The minimum absolute atomic E-state index is 0.130. The van der Waals surface area contributed by atoms with Gasteiger partial charge in [-0.3, -0.25) is 14.2 Å². The molecule has 5 nitrogen and oxygen atoms in total. The molecule has 0 fully saturated rings. The molecule has 1 amide bonds. The first-order valence-electron chi connectivity index (χ1n) is 8.33. The van der Waals surface area contributed by atoms with Gasteiger partial charge < -0.3 is 9.72 Å². The van der Waals surface area contributed by atoms with Crippen LogP contribution in [0.5, 0.6) is 0 Å². The van der Waals surface area contributed by atoms with Crippen molar-refractivity contribution >= 4 is 22.5 Å². The summed E-state index contributed by atoms with van der Waals surface area (Å²) >= 11 is 0. The Morgan fingerprint density at radius 1 is 0.926 bits per heavy atom. The number of nitrogens with zero attached hydrogens (tertiary/aromatic N) is 2. The van der Waals surface area contributed by atoms with Crippen LogP contribution in [0.25, 0.3) is 16.6 Å². The molecule has 0 atom stereocenters. The number of carbonyl (C=O) groups is 1. The predicted octanol–water partition coefficient (Wildman–Crippen LogP) is 2.85. The minimum atomic E-state index is -0.498. The second-order valence-electron chi connectivity index (χ2n) is 6.19. The second kappa shape index (κ2) is 6.68. The van der Waals surface area contributed by atoms with E-state index < -0.39 is 17.5 Å². The maximum absolute atomic E-state index is 13.8. The maximum Gasteiger partial charge on any atom is 0.275 e. The molecule has 0 aliphatic rings.